The van der Waals surface area contributed by atoms with E-state index >= 15 is 0 Å². The molecule has 0 fully saturated rings. The average Bonchev–Trinajstić information content (AvgIpc) is 2.00. The van der Waals surface area contributed by atoms with Crippen molar-refractivity contribution in [3.8, 4) is 0 Å². The molecule has 14 heavy (non-hydrogen) atoms. The van der Waals surface area contributed by atoms with Gasteiger partial charge in [0.2, 0.25) is 0 Å². The Morgan fingerprint density at radius 2 is 1.71 bits per heavy atom. The van der Waals surface area contributed by atoms with Crippen molar-refractivity contribution in [2.45, 2.75) is 6.92 Å². The third-order valence-corrected chi connectivity index (χ3v) is 0.951. The molecule has 0 atom stereocenters. The minimum atomic E-state index is 0. The summed E-state index contributed by atoms with van der Waals surface area (Å²) >= 11 is 9.04. The topological polar surface area (TPSA) is 101 Å². The van der Waals surface area contributed by atoms with Crippen molar-refractivity contribution in [3.63, 3.8) is 0 Å². The van der Waals surface area contributed by atoms with Crippen LogP contribution in [0.15, 0.2) is 10.2 Å². The number of rotatable bonds is 3. The van der Waals surface area contributed by atoms with E-state index in [1.54, 1.807) is 6.92 Å². The van der Waals surface area contributed by atoms with Gasteiger partial charge in [-0.2, -0.15) is 10.2 Å². The van der Waals surface area contributed by atoms with Crippen LogP contribution in [-0.2, 0) is 16.5 Å². The Morgan fingerprint density at radius 1 is 1.21 bits per heavy atom. The molecule has 0 aromatic heterocycles. The molecule has 6 N–H and O–H groups in total. The van der Waals surface area contributed by atoms with Crippen LogP contribution in [0, 0.1) is 0 Å². The summed E-state index contributed by atoms with van der Waals surface area (Å²) in [5.74, 6) is 0. The monoisotopic (exact) mass is 276 g/mol. The van der Waals surface area contributed by atoms with Gasteiger partial charge in [-0.15, -0.1) is 0 Å². The maximum atomic E-state index is 5.13. The maximum absolute atomic E-state index is 5.13. The Balaban J connectivity index is 0. The van der Waals surface area contributed by atoms with E-state index in [9.17, 15) is 0 Å². The van der Waals surface area contributed by atoms with Gasteiger partial charge in [-0.3, -0.25) is 10.9 Å². The molecule has 0 aliphatic carbocycles. The van der Waals surface area contributed by atoms with Gasteiger partial charge in [-0.25, -0.2) is 0 Å². The molecule has 0 rings (SSSR count). The Kier molecular flexibility index (Phi) is 9.85. The van der Waals surface area contributed by atoms with E-state index in [0.717, 1.165) is 0 Å². The van der Waals surface area contributed by atoms with Crippen LogP contribution in [0.1, 0.15) is 6.92 Å². The first-order valence-corrected chi connectivity index (χ1v) is 4.02. The van der Waals surface area contributed by atoms with E-state index in [1.165, 1.54) is 6.21 Å². The summed E-state index contributed by atoms with van der Waals surface area (Å²) in [7, 11) is 0. The van der Waals surface area contributed by atoms with Crippen LogP contribution in [-0.4, -0.2) is 22.2 Å². The molecule has 6 nitrogen and oxygen atoms in total. The number of nitrogens with one attached hydrogen (secondary N) is 2. The zero-order chi connectivity index (χ0) is 10.3. The Bertz CT molecular complexity index is 263. The van der Waals surface area contributed by atoms with Gasteiger partial charge in [0.1, 0.15) is 0 Å². The molecular weight excluding hydrogens is 267 g/mol. The first kappa shape index (κ1) is 15.7. The fourth-order valence-electron chi connectivity index (χ4n) is 0.361. The van der Waals surface area contributed by atoms with Crippen molar-refractivity contribution in [2.24, 2.45) is 21.7 Å². The Labute approximate surface area is 102 Å². The van der Waals surface area contributed by atoms with Gasteiger partial charge < -0.3 is 11.5 Å². The second-order valence-corrected chi connectivity index (χ2v) is 2.84. The number of hydrogen-bond acceptors (Lipinski definition) is 4. The van der Waals surface area contributed by atoms with Crippen molar-refractivity contribution < 1.29 is 16.5 Å². The van der Waals surface area contributed by atoms with Crippen molar-refractivity contribution in [3.05, 3.63) is 0 Å². The molecular formula is C5H10N6NiS2. The van der Waals surface area contributed by atoms with Gasteiger partial charge in [-0.1, -0.05) is 0 Å². The minimum Gasteiger partial charge on any atom is -0.375 e. The number of nitrogens with zero attached hydrogens (tertiary/aromatic N) is 2. The summed E-state index contributed by atoms with van der Waals surface area (Å²) in [5, 5.41) is 7.58. The molecule has 9 heteroatoms. The summed E-state index contributed by atoms with van der Waals surface area (Å²) in [6.07, 6.45) is 1.42. The van der Waals surface area contributed by atoms with E-state index in [-0.39, 0.29) is 26.7 Å². The van der Waals surface area contributed by atoms with E-state index in [0.29, 0.717) is 5.71 Å². The van der Waals surface area contributed by atoms with E-state index in [4.69, 9.17) is 11.5 Å². The van der Waals surface area contributed by atoms with E-state index < -0.39 is 0 Å². The van der Waals surface area contributed by atoms with Gasteiger partial charge in [0.25, 0.3) is 0 Å². The molecule has 0 bridgehead atoms. The van der Waals surface area contributed by atoms with Gasteiger partial charge >= 0.3 is 0 Å². The molecule has 0 aromatic carbocycles. The predicted octanol–water partition coefficient (Wildman–Crippen LogP) is -0.988. The summed E-state index contributed by atoms with van der Waals surface area (Å²) in [4.78, 5) is 0. The number of hydrogen-bond donors (Lipinski definition) is 4. The van der Waals surface area contributed by atoms with Crippen molar-refractivity contribution in [1.82, 2.24) is 10.9 Å². The molecule has 0 radical (unpaired) electrons. The average molecular weight is 277 g/mol. The molecule has 0 unspecified atom stereocenters. The summed E-state index contributed by atoms with van der Waals surface area (Å²) < 4.78 is 0. The van der Waals surface area contributed by atoms with Crippen molar-refractivity contribution >= 4 is 46.6 Å². The van der Waals surface area contributed by atoms with Crippen molar-refractivity contribution in [2.75, 3.05) is 0 Å². The van der Waals surface area contributed by atoms with Gasteiger partial charge in [0.15, 0.2) is 10.2 Å². The van der Waals surface area contributed by atoms with Crippen LogP contribution in [0.5, 0.6) is 0 Å². The van der Waals surface area contributed by atoms with Gasteiger partial charge in [-0.05, 0) is 31.4 Å². The van der Waals surface area contributed by atoms with Crippen molar-refractivity contribution in [1.29, 1.82) is 0 Å². The molecule has 0 heterocycles. The minimum absolute atomic E-state index is 0. The van der Waals surface area contributed by atoms with Crippen LogP contribution in [0.25, 0.3) is 0 Å². The zero-order valence-corrected chi connectivity index (χ0v) is 9.88. The second kappa shape index (κ2) is 8.80. The number of hydrazone groups is 2. The predicted molar refractivity (Wildman–Crippen MR) is 61.4 cm³/mol. The third kappa shape index (κ3) is 11.2. The smallest absolute Gasteiger partial charge is 0.184 e. The molecule has 0 amide bonds. The summed E-state index contributed by atoms with van der Waals surface area (Å²) in [6.45, 7) is 1.70. The summed E-state index contributed by atoms with van der Waals surface area (Å²) in [6, 6.07) is 0. The molecule has 0 saturated carbocycles. The van der Waals surface area contributed by atoms with E-state index in [1.807, 2.05) is 0 Å². The van der Waals surface area contributed by atoms with Crippen LogP contribution in [0.4, 0.5) is 0 Å². The quantitative estimate of drug-likeness (QED) is 0.229. The molecule has 0 saturated heterocycles. The normalized spacial score (nSPS) is 10.5. The molecule has 0 aromatic rings. The fourth-order valence-corrected chi connectivity index (χ4v) is 0.460. The first-order valence-electron chi connectivity index (χ1n) is 3.20. The van der Waals surface area contributed by atoms with Crippen LogP contribution in [0.3, 0.4) is 0 Å². The largest absolute Gasteiger partial charge is 0.375 e. The molecule has 0 aliphatic heterocycles. The Morgan fingerprint density at radius 3 is 2.14 bits per heavy atom. The molecule has 0 spiro atoms. The molecule has 82 valence electrons. The number of nitrogens with two attached hydrogens (primary N) is 2. The summed E-state index contributed by atoms with van der Waals surface area (Å²) in [5.41, 5.74) is 15.6. The van der Waals surface area contributed by atoms with Crippen LogP contribution >= 0.6 is 24.4 Å². The number of thiocarbonyl (C=S) groups is 2. The third-order valence-electron chi connectivity index (χ3n) is 0.769. The van der Waals surface area contributed by atoms with Gasteiger partial charge in [0.05, 0.1) is 11.9 Å². The SMILES string of the molecule is CC(C=NNC(N)=S)=NNC(N)=S.[Ni]. The first-order chi connectivity index (χ1) is 6.02. The standard InChI is InChI=1S/C5H10N6S2.Ni/c1-3(9-11-5(7)13)2-8-10-4(6)12;/h2H,1H3,(H3,6,10,12)(H3,7,11,13);. The van der Waals surface area contributed by atoms with Gasteiger partial charge in [0, 0.05) is 16.5 Å². The maximum Gasteiger partial charge on any atom is 0.184 e. The Hall–Kier alpha value is -0.786. The molecule has 0 aliphatic rings. The van der Waals surface area contributed by atoms with Crippen LogP contribution in [0.2, 0.25) is 0 Å². The second-order valence-electron chi connectivity index (χ2n) is 1.96. The van der Waals surface area contributed by atoms with Crippen LogP contribution < -0.4 is 22.3 Å². The van der Waals surface area contributed by atoms with E-state index in [2.05, 4.69) is 45.5 Å². The fraction of sp³-hybridized carbons (Fsp3) is 0.200. The zero-order valence-electron chi connectivity index (χ0n) is 7.26.